The van der Waals surface area contributed by atoms with E-state index in [0.717, 1.165) is 5.56 Å². The Morgan fingerprint density at radius 2 is 1.75 bits per heavy atom. The van der Waals surface area contributed by atoms with Gasteiger partial charge in [-0.25, -0.2) is 10.4 Å². The van der Waals surface area contributed by atoms with Gasteiger partial charge in [0.1, 0.15) is 48.4 Å². The minimum Gasteiger partial charge on any atom is -0.600 e. The molecule has 0 radical (unpaired) electrons. The van der Waals surface area contributed by atoms with Crippen LogP contribution in [0.25, 0.3) is 0 Å². The molecule has 9 atom stereocenters. The summed E-state index contributed by atoms with van der Waals surface area (Å²) < 4.78 is 21.6. The Labute approximate surface area is 183 Å². The van der Waals surface area contributed by atoms with Crippen molar-refractivity contribution in [3.05, 3.63) is 35.0 Å². The zero-order valence-electron chi connectivity index (χ0n) is 17.1. The van der Waals surface area contributed by atoms with Crippen LogP contribution in [0.15, 0.2) is 24.3 Å². The maximum atomic E-state index is 10.7. The third-order valence-corrected chi connectivity index (χ3v) is 5.48. The molecule has 1 aromatic rings. The molecule has 13 nitrogen and oxygen atoms in total. The smallest absolute Gasteiger partial charge is 0.229 e. The maximum absolute atomic E-state index is 10.7. The minimum atomic E-state index is -1.88. The van der Waals surface area contributed by atoms with E-state index >= 15 is 0 Å². The van der Waals surface area contributed by atoms with Crippen molar-refractivity contribution in [1.29, 1.82) is 0 Å². The SMILES string of the molecule is [O-][NH+](O)CCc1ccc(OC2OC(COC3OCC(O)(CO)C3O)C(O)C(O)C2O)cc1. The predicted octanol–water partition coefficient (Wildman–Crippen LogP) is -4.36. The summed E-state index contributed by atoms with van der Waals surface area (Å²) in [5, 5.41) is 78.3. The molecule has 2 heterocycles. The topological polar surface area (TPSA) is 206 Å². The molecule has 13 heteroatoms. The van der Waals surface area contributed by atoms with Crippen molar-refractivity contribution in [2.45, 2.75) is 55.1 Å². The van der Waals surface area contributed by atoms with Crippen molar-refractivity contribution in [3.8, 4) is 5.75 Å². The molecule has 2 aliphatic rings. The van der Waals surface area contributed by atoms with Crippen LogP contribution in [0, 0.1) is 5.21 Å². The number of hydrogen-bond acceptors (Lipinski definition) is 12. The normalized spacial score (nSPS) is 38.6. The first kappa shape index (κ1) is 25.2. The predicted molar refractivity (Wildman–Crippen MR) is 102 cm³/mol. The second-order valence-corrected chi connectivity index (χ2v) is 7.89. The average Bonchev–Trinajstić information content (AvgIpc) is 3.07. The van der Waals surface area contributed by atoms with Gasteiger partial charge in [-0.15, -0.1) is 0 Å². The van der Waals surface area contributed by atoms with Crippen molar-refractivity contribution >= 4 is 0 Å². The zero-order valence-corrected chi connectivity index (χ0v) is 17.1. The van der Waals surface area contributed by atoms with Gasteiger partial charge in [-0.1, -0.05) is 12.1 Å². The fourth-order valence-electron chi connectivity index (χ4n) is 3.40. The molecule has 0 saturated carbocycles. The third kappa shape index (κ3) is 5.72. The van der Waals surface area contributed by atoms with E-state index in [4.69, 9.17) is 29.3 Å². The Balaban J connectivity index is 1.58. The third-order valence-electron chi connectivity index (χ3n) is 5.48. The summed E-state index contributed by atoms with van der Waals surface area (Å²) >= 11 is 0. The fraction of sp³-hybridized carbons (Fsp3) is 0.684. The highest BCUT2D eigenvalue weighted by molar-refractivity contribution is 5.27. The van der Waals surface area contributed by atoms with Gasteiger partial charge in [0.2, 0.25) is 6.29 Å². The number of nitrogens with one attached hydrogen (secondary N) is 1. The number of hydrogen-bond donors (Lipinski definition) is 8. The van der Waals surface area contributed by atoms with Crippen molar-refractivity contribution in [3.63, 3.8) is 0 Å². The van der Waals surface area contributed by atoms with E-state index in [2.05, 4.69) is 0 Å². The molecule has 8 N–H and O–H groups in total. The largest absolute Gasteiger partial charge is 0.600 e. The molecular weight excluding hydrogens is 434 g/mol. The van der Waals surface area contributed by atoms with Gasteiger partial charge in [0.05, 0.1) is 19.8 Å². The van der Waals surface area contributed by atoms with E-state index in [1.807, 2.05) is 0 Å². The van der Waals surface area contributed by atoms with Gasteiger partial charge in [0.25, 0.3) is 0 Å². The van der Waals surface area contributed by atoms with Gasteiger partial charge in [0, 0.05) is 6.42 Å². The quantitative estimate of drug-likeness (QED) is 0.164. The molecule has 0 bridgehead atoms. The van der Waals surface area contributed by atoms with Crippen LogP contribution in [0.5, 0.6) is 5.75 Å². The number of quaternary nitrogens is 1. The lowest BCUT2D eigenvalue weighted by Crippen LogP contribution is -3.04. The van der Waals surface area contributed by atoms with Crippen LogP contribution in [0.2, 0.25) is 0 Å². The van der Waals surface area contributed by atoms with E-state index in [0.29, 0.717) is 6.42 Å². The highest BCUT2D eigenvalue weighted by Crippen LogP contribution is 2.28. The summed E-state index contributed by atoms with van der Waals surface area (Å²) in [6.45, 7) is -1.51. The molecule has 1 aromatic carbocycles. The molecule has 2 aliphatic heterocycles. The van der Waals surface area contributed by atoms with Crippen LogP contribution in [0.1, 0.15) is 5.56 Å². The Morgan fingerprint density at radius 1 is 1.06 bits per heavy atom. The minimum absolute atomic E-state index is 0.0223. The van der Waals surface area contributed by atoms with Gasteiger partial charge in [-0.05, 0) is 17.7 Å². The maximum Gasteiger partial charge on any atom is 0.229 e. The first-order chi connectivity index (χ1) is 15.1. The Morgan fingerprint density at radius 3 is 2.34 bits per heavy atom. The molecule has 9 unspecified atom stereocenters. The number of benzene rings is 1. The molecule has 32 heavy (non-hydrogen) atoms. The summed E-state index contributed by atoms with van der Waals surface area (Å²) in [7, 11) is 0. The lowest BCUT2D eigenvalue weighted by molar-refractivity contribution is -1.05. The number of ether oxygens (including phenoxy) is 4. The number of rotatable bonds is 9. The van der Waals surface area contributed by atoms with Crippen molar-refractivity contribution < 1.29 is 60.0 Å². The first-order valence-corrected chi connectivity index (χ1v) is 10.1. The number of aliphatic hydroxyl groups excluding tert-OH is 5. The molecule has 182 valence electrons. The lowest BCUT2D eigenvalue weighted by atomic mass is 9.99. The van der Waals surface area contributed by atoms with Crippen LogP contribution in [0.3, 0.4) is 0 Å². The van der Waals surface area contributed by atoms with Gasteiger partial charge >= 0.3 is 0 Å². The second kappa shape index (κ2) is 10.6. The second-order valence-electron chi connectivity index (χ2n) is 7.89. The average molecular weight is 463 g/mol. The lowest BCUT2D eigenvalue weighted by Gasteiger charge is -2.40. The summed E-state index contributed by atoms with van der Waals surface area (Å²) in [5.41, 5.74) is -1.11. The summed E-state index contributed by atoms with van der Waals surface area (Å²) in [6, 6.07) is 6.41. The molecule has 3 rings (SSSR count). The standard InChI is InChI=1S/C19H29NO12/c21-8-19(26)9-30-18(16(19)25)29-7-12-13(22)14(23)15(24)17(32-12)31-11-3-1-10(2-4-11)5-6-20(27)28/h1-4,12-18,20-27H,5-9H2. The molecular formula is C19H29NO12. The van der Waals surface area contributed by atoms with Gasteiger partial charge in [0.15, 0.2) is 6.29 Å². The van der Waals surface area contributed by atoms with Crippen molar-refractivity contribution in [2.75, 3.05) is 26.4 Å². The molecule has 0 aliphatic carbocycles. The van der Waals surface area contributed by atoms with E-state index in [-0.39, 0.29) is 25.5 Å². The van der Waals surface area contributed by atoms with E-state index < -0.39 is 60.5 Å². The number of aliphatic hydroxyl groups is 6. The Kier molecular flexibility index (Phi) is 8.37. The Hall–Kier alpha value is -1.46. The summed E-state index contributed by atoms with van der Waals surface area (Å²) in [5.74, 6) is 0.277. The van der Waals surface area contributed by atoms with Gasteiger partial charge in [-0.3, -0.25) is 0 Å². The van der Waals surface area contributed by atoms with Crippen molar-refractivity contribution in [2.24, 2.45) is 0 Å². The monoisotopic (exact) mass is 463 g/mol. The fourth-order valence-corrected chi connectivity index (χ4v) is 3.40. The van der Waals surface area contributed by atoms with Gasteiger partial charge < -0.3 is 54.8 Å². The molecule has 2 saturated heterocycles. The summed E-state index contributed by atoms with van der Waals surface area (Å²) in [6.07, 6.45) is -9.80. The molecule has 0 aromatic heterocycles. The van der Waals surface area contributed by atoms with E-state index in [1.54, 1.807) is 24.3 Å². The van der Waals surface area contributed by atoms with Crippen LogP contribution in [0.4, 0.5) is 0 Å². The van der Waals surface area contributed by atoms with E-state index in [9.17, 15) is 30.7 Å². The highest BCUT2D eigenvalue weighted by atomic mass is 16.8. The molecule has 2 fully saturated rings. The first-order valence-electron chi connectivity index (χ1n) is 10.1. The zero-order chi connectivity index (χ0) is 23.5. The van der Waals surface area contributed by atoms with Crippen LogP contribution in [-0.4, -0.2) is 111 Å². The van der Waals surface area contributed by atoms with Crippen LogP contribution in [-0.2, 0) is 20.6 Å². The molecule has 0 amide bonds. The molecule has 0 spiro atoms. The van der Waals surface area contributed by atoms with Crippen molar-refractivity contribution in [1.82, 2.24) is 0 Å². The highest BCUT2D eigenvalue weighted by Gasteiger charge is 2.50. The Bertz CT molecular complexity index is 721. The van der Waals surface area contributed by atoms with Crippen LogP contribution >= 0.6 is 0 Å². The van der Waals surface area contributed by atoms with Gasteiger partial charge in [-0.2, -0.15) is 0 Å². The van der Waals surface area contributed by atoms with Crippen LogP contribution < -0.4 is 9.96 Å². The summed E-state index contributed by atoms with van der Waals surface area (Å²) in [4.78, 5) is 0. The number of hydroxylamine groups is 2. The van der Waals surface area contributed by atoms with E-state index in [1.165, 1.54) is 0 Å².